The maximum atomic E-state index is 13.0. The zero-order valence-electron chi connectivity index (χ0n) is 9.27. The molecule has 1 saturated carbocycles. The monoisotopic (exact) mass is 254 g/mol. The number of nitrogens with one attached hydrogen (secondary N) is 1. The predicted octanol–water partition coefficient (Wildman–Crippen LogP) is 2.28. The van der Waals surface area contributed by atoms with Crippen molar-refractivity contribution >= 4 is 5.91 Å². The van der Waals surface area contributed by atoms with E-state index in [9.17, 15) is 18.0 Å². The summed E-state index contributed by atoms with van der Waals surface area (Å²) < 4.78 is 38.6. The average Bonchev–Trinajstić information content (AvgIpc) is 2.29. The summed E-state index contributed by atoms with van der Waals surface area (Å²) in [6.45, 7) is 0. The summed E-state index contributed by atoms with van der Waals surface area (Å²) >= 11 is 0. The third kappa shape index (κ3) is 2.04. The van der Waals surface area contributed by atoms with E-state index in [1.807, 2.05) is 6.07 Å². The first kappa shape index (κ1) is 12.4. The van der Waals surface area contributed by atoms with Crippen LogP contribution in [0.3, 0.4) is 0 Å². The Labute approximate surface area is 101 Å². The van der Waals surface area contributed by atoms with Crippen molar-refractivity contribution in [3.63, 3.8) is 0 Å². The molecule has 0 radical (unpaired) electrons. The van der Waals surface area contributed by atoms with Crippen molar-refractivity contribution in [1.29, 1.82) is 5.26 Å². The number of rotatable bonds is 2. The molecule has 1 aliphatic rings. The minimum atomic E-state index is -1.62. The van der Waals surface area contributed by atoms with Crippen LogP contribution >= 0.6 is 0 Å². The first-order chi connectivity index (χ1) is 8.47. The molecule has 0 heterocycles. The van der Waals surface area contributed by atoms with Gasteiger partial charge in [-0.05, 0) is 31.4 Å². The molecule has 94 valence electrons. The van der Waals surface area contributed by atoms with Crippen LogP contribution in [0.15, 0.2) is 12.1 Å². The number of carbonyl (C=O) groups is 1. The lowest BCUT2D eigenvalue weighted by atomic mass is 9.78. The maximum Gasteiger partial charge on any atom is 0.252 e. The standard InChI is InChI=1S/C12H9F3N2O/c13-8-4-7(5-9(14)10(8)15)11(18)17-12(6-16)2-1-3-12/h4-5H,1-3H2,(H,17,18). The highest BCUT2D eigenvalue weighted by Gasteiger charge is 2.38. The Morgan fingerprint density at radius 2 is 1.83 bits per heavy atom. The van der Waals surface area contributed by atoms with Gasteiger partial charge >= 0.3 is 0 Å². The van der Waals surface area contributed by atoms with Gasteiger partial charge in [-0.3, -0.25) is 4.79 Å². The smallest absolute Gasteiger partial charge is 0.252 e. The maximum absolute atomic E-state index is 13.0. The van der Waals surface area contributed by atoms with Crippen LogP contribution in [0, 0.1) is 28.8 Å². The Kier molecular flexibility index (Phi) is 2.99. The molecule has 1 aromatic carbocycles. The molecular formula is C12H9F3N2O. The Bertz CT molecular complexity index is 524. The fourth-order valence-corrected chi connectivity index (χ4v) is 1.77. The molecule has 6 heteroatoms. The molecule has 0 aliphatic heterocycles. The first-order valence-electron chi connectivity index (χ1n) is 5.36. The van der Waals surface area contributed by atoms with Gasteiger partial charge in [0.25, 0.3) is 5.91 Å². The third-order valence-corrected chi connectivity index (χ3v) is 3.02. The largest absolute Gasteiger partial charge is 0.334 e. The SMILES string of the molecule is N#CC1(NC(=O)c2cc(F)c(F)c(F)c2)CCC1. The molecule has 0 saturated heterocycles. The highest BCUT2D eigenvalue weighted by atomic mass is 19.2. The van der Waals surface area contributed by atoms with Crippen LogP contribution in [0.4, 0.5) is 13.2 Å². The second-order valence-corrected chi connectivity index (χ2v) is 4.26. The summed E-state index contributed by atoms with van der Waals surface area (Å²) in [7, 11) is 0. The summed E-state index contributed by atoms with van der Waals surface area (Å²) in [5, 5.41) is 11.3. The van der Waals surface area contributed by atoms with Crippen LogP contribution < -0.4 is 5.32 Å². The molecule has 1 aliphatic carbocycles. The van der Waals surface area contributed by atoms with E-state index in [1.165, 1.54) is 0 Å². The van der Waals surface area contributed by atoms with Crippen LogP contribution in [0.5, 0.6) is 0 Å². The first-order valence-corrected chi connectivity index (χ1v) is 5.36. The molecule has 0 aromatic heterocycles. The van der Waals surface area contributed by atoms with Gasteiger partial charge in [0.2, 0.25) is 0 Å². The molecule has 1 amide bonds. The van der Waals surface area contributed by atoms with E-state index in [1.54, 1.807) is 0 Å². The third-order valence-electron chi connectivity index (χ3n) is 3.02. The van der Waals surface area contributed by atoms with Crippen molar-refractivity contribution in [2.45, 2.75) is 24.8 Å². The molecule has 1 fully saturated rings. The van der Waals surface area contributed by atoms with Gasteiger partial charge in [-0.2, -0.15) is 5.26 Å². The molecule has 1 N–H and O–H groups in total. The van der Waals surface area contributed by atoms with Gasteiger partial charge in [-0.25, -0.2) is 13.2 Å². The summed E-state index contributed by atoms with van der Waals surface area (Å²) in [5.74, 6) is -5.27. The van der Waals surface area contributed by atoms with Gasteiger partial charge in [-0.1, -0.05) is 0 Å². The normalized spacial score (nSPS) is 16.6. The fraction of sp³-hybridized carbons (Fsp3) is 0.333. The van der Waals surface area contributed by atoms with E-state index in [4.69, 9.17) is 5.26 Å². The molecule has 2 rings (SSSR count). The number of benzene rings is 1. The summed E-state index contributed by atoms with van der Waals surface area (Å²) in [6.07, 6.45) is 1.81. The number of carbonyl (C=O) groups excluding carboxylic acids is 1. The molecule has 18 heavy (non-hydrogen) atoms. The van der Waals surface area contributed by atoms with Crippen LogP contribution in [0.2, 0.25) is 0 Å². The minimum absolute atomic E-state index is 0.340. The highest BCUT2D eigenvalue weighted by molar-refractivity contribution is 5.95. The van der Waals surface area contributed by atoms with Crippen molar-refractivity contribution in [1.82, 2.24) is 5.32 Å². The van der Waals surface area contributed by atoms with Crippen molar-refractivity contribution in [3.8, 4) is 6.07 Å². The zero-order chi connectivity index (χ0) is 13.3. The van der Waals surface area contributed by atoms with E-state index >= 15 is 0 Å². The van der Waals surface area contributed by atoms with Crippen molar-refractivity contribution in [2.75, 3.05) is 0 Å². The number of amides is 1. The number of hydrogen-bond donors (Lipinski definition) is 1. The predicted molar refractivity (Wildman–Crippen MR) is 56.0 cm³/mol. The molecule has 1 aromatic rings. The number of halogens is 3. The summed E-state index contributed by atoms with van der Waals surface area (Å²) in [5.41, 5.74) is -1.30. The van der Waals surface area contributed by atoms with Gasteiger partial charge in [-0.15, -0.1) is 0 Å². The number of nitriles is 1. The Hall–Kier alpha value is -2.03. The molecular weight excluding hydrogens is 245 g/mol. The van der Waals surface area contributed by atoms with Gasteiger partial charge in [0, 0.05) is 5.56 Å². The second-order valence-electron chi connectivity index (χ2n) is 4.26. The van der Waals surface area contributed by atoms with E-state index < -0.39 is 28.9 Å². The van der Waals surface area contributed by atoms with Gasteiger partial charge in [0.15, 0.2) is 17.5 Å². The molecule has 3 nitrogen and oxygen atoms in total. The van der Waals surface area contributed by atoms with Crippen LogP contribution in [0.1, 0.15) is 29.6 Å². The number of nitrogens with zero attached hydrogens (tertiary/aromatic N) is 1. The fourth-order valence-electron chi connectivity index (χ4n) is 1.77. The molecule has 0 unspecified atom stereocenters. The Morgan fingerprint density at radius 1 is 1.28 bits per heavy atom. The van der Waals surface area contributed by atoms with E-state index in [2.05, 4.69) is 5.32 Å². The second kappa shape index (κ2) is 4.33. The van der Waals surface area contributed by atoms with Crippen LogP contribution in [-0.4, -0.2) is 11.4 Å². The van der Waals surface area contributed by atoms with E-state index in [-0.39, 0.29) is 5.56 Å². The Balaban J connectivity index is 2.22. The van der Waals surface area contributed by atoms with Crippen molar-refractivity contribution in [3.05, 3.63) is 35.1 Å². The van der Waals surface area contributed by atoms with Gasteiger partial charge in [0.1, 0.15) is 5.54 Å². The van der Waals surface area contributed by atoms with E-state index in [0.29, 0.717) is 25.0 Å². The van der Waals surface area contributed by atoms with Crippen LogP contribution in [0.25, 0.3) is 0 Å². The highest BCUT2D eigenvalue weighted by Crippen LogP contribution is 2.31. The molecule has 0 spiro atoms. The summed E-state index contributed by atoms with van der Waals surface area (Å²) in [4.78, 5) is 11.7. The quantitative estimate of drug-likeness (QED) is 0.823. The topological polar surface area (TPSA) is 52.9 Å². The van der Waals surface area contributed by atoms with Crippen LogP contribution in [-0.2, 0) is 0 Å². The van der Waals surface area contributed by atoms with Gasteiger partial charge in [0.05, 0.1) is 6.07 Å². The van der Waals surface area contributed by atoms with Crippen molar-refractivity contribution < 1.29 is 18.0 Å². The van der Waals surface area contributed by atoms with Crippen molar-refractivity contribution in [2.24, 2.45) is 0 Å². The lowest BCUT2D eigenvalue weighted by molar-refractivity contribution is 0.0880. The molecule has 0 atom stereocenters. The Morgan fingerprint density at radius 3 is 2.22 bits per heavy atom. The average molecular weight is 254 g/mol. The minimum Gasteiger partial charge on any atom is -0.334 e. The van der Waals surface area contributed by atoms with E-state index in [0.717, 1.165) is 6.42 Å². The van der Waals surface area contributed by atoms with Gasteiger partial charge < -0.3 is 5.32 Å². The summed E-state index contributed by atoms with van der Waals surface area (Å²) in [6, 6.07) is 3.18. The lowest BCUT2D eigenvalue weighted by Gasteiger charge is -2.35. The molecule has 0 bridgehead atoms. The number of hydrogen-bond acceptors (Lipinski definition) is 2. The lowest BCUT2D eigenvalue weighted by Crippen LogP contribution is -2.52. The zero-order valence-corrected chi connectivity index (χ0v) is 9.27.